The van der Waals surface area contributed by atoms with Crippen LogP contribution in [0, 0.1) is 0 Å². The van der Waals surface area contributed by atoms with E-state index >= 15 is 0 Å². The monoisotopic (exact) mass is 259 g/mol. The van der Waals surface area contributed by atoms with E-state index in [0.717, 1.165) is 18.0 Å². The number of hydrogen-bond donors (Lipinski definition) is 3. The average molecular weight is 259 g/mol. The number of hydrogen-bond acceptors (Lipinski definition) is 6. The number of rotatable bonds is 6. The van der Waals surface area contributed by atoms with Crippen LogP contribution in [0.15, 0.2) is 0 Å². The van der Waals surface area contributed by atoms with Crippen molar-refractivity contribution in [3.63, 3.8) is 0 Å². The number of carbonyl (C=O) groups is 2. The van der Waals surface area contributed by atoms with Crippen LogP contribution < -0.4 is 5.32 Å². The largest absolute Gasteiger partial charge is 0.479 e. The SMILES string of the molecule is CCCc1nnsc1C(=O)NC[C@H](O)C(=O)O. The molecule has 0 aliphatic rings. The Morgan fingerprint density at radius 3 is 2.82 bits per heavy atom. The van der Waals surface area contributed by atoms with E-state index in [2.05, 4.69) is 14.9 Å². The molecular formula is C9H13N3O4S. The summed E-state index contributed by atoms with van der Waals surface area (Å²) in [5, 5.41) is 23.6. The topological polar surface area (TPSA) is 112 Å². The minimum Gasteiger partial charge on any atom is -0.479 e. The Morgan fingerprint density at radius 1 is 1.53 bits per heavy atom. The standard InChI is InChI=1S/C9H13N3O4S/c1-2-3-5-7(17-12-11-5)8(14)10-4-6(13)9(15)16/h6,13H,2-4H2,1H3,(H,10,14)(H,15,16)/t6-/m0/s1. The van der Waals surface area contributed by atoms with Gasteiger partial charge in [-0.15, -0.1) is 5.10 Å². The molecule has 0 bridgehead atoms. The van der Waals surface area contributed by atoms with Crippen LogP contribution in [0.3, 0.4) is 0 Å². The van der Waals surface area contributed by atoms with Crippen LogP contribution in [0.1, 0.15) is 28.7 Å². The lowest BCUT2D eigenvalue weighted by Crippen LogP contribution is -2.36. The molecule has 0 unspecified atom stereocenters. The number of aromatic nitrogens is 2. The van der Waals surface area contributed by atoms with Gasteiger partial charge < -0.3 is 15.5 Å². The van der Waals surface area contributed by atoms with E-state index in [1.807, 2.05) is 6.92 Å². The molecule has 0 aliphatic heterocycles. The fourth-order valence-electron chi connectivity index (χ4n) is 1.14. The molecule has 0 aromatic carbocycles. The Labute approximate surface area is 102 Å². The molecular weight excluding hydrogens is 246 g/mol. The lowest BCUT2D eigenvalue weighted by atomic mass is 10.2. The third-order valence-corrected chi connectivity index (χ3v) is 2.76. The number of nitrogens with one attached hydrogen (secondary N) is 1. The predicted octanol–water partition coefficient (Wildman–Crippen LogP) is -0.334. The molecule has 7 nitrogen and oxygen atoms in total. The van der Waals surface area contributed by atoms with Gasteiger partial charge in [-0.25, -0.2) is 4.79 Å². The fraction of sp³-hybridized carbons (Fsp3) is 0.556. The maximum atomic E-state index is 11.6. The first-order valence-corrected chi connectivity index (χ1v) is 5.83. The summed E-state index contributed by atoms with van der Waals surface area (Å²) in [6, 6.07) is 0. The number of amides is 1. The maximum absolute atomic E-state index is 11.6. The number of aliphatic carboxylic acids is 1. The summed E-state index contributed by atoms with van der Waals surface area (Å²) < 4.78 is 3.68. The van der Waals surface area contributed by atoms with Crippen LogP contribution in [-0.4, -0.2) is 44.3 Å². The quantitative estimate of drug-likeness (QED) is 0.644. The van der Waals surface area contributed by atoms with Crippen molar-refractivity contribution >= 4 is 23.4 Å². The average Bonchev–Trinajstić information content (AvgIpc) is 2.74. The zero-order valence-corrected chi connectivity index (χ0v) is 10.0. The van der Waals surface area contributed by atoms with Gasteiger partial charge >= 0.3 is 5.97 Å². The first-order chi connectivity index (χ1) is 8.06. The van der Waals surface area contributed by atoms with E-state index in [9.17, 15) is 9.59 Å². The second kappa shape index (κ2) is 6.26. The van der Waals surface area contributed by atoms with Crippen molar-refractivity contribution < 1.29 is 19.8 Å². The number of carboxylic acids is 1. The van der Waals surface area contributed by atoms with Gasteiger partial charge in [-0.3, -0.25) is 4.79 Å². The molecule has 1 rings (SSSR count). The van der Waals surface area contributed by atoms with Crippen molar-refractivity contribution in [1.82, 2.24) is 14.9 Å². The zero-order valence-electron chi connectivity index (χ0n) is 9.21. The van der Waals surface area contributed by atoms with Gasteiger partial charge in [0.2, 0.25) is 0 Å². The van der Waals surface area contributed by atoms with Gasteiger partial charge in [-0.05, 0) is 18.0 Å². The third-order valence-electron chi connectivity index (χ3n) is 1.99. The van der Waals surface area contributed by atoms with Crippen LogP contribution in [-0.2, 0) is 11.2 Å². The Morgan fingerprint density at radius 2 is 2.24 bits per heavy atom. The minimum absolute atomic E-state index is 0.336. The van der Waals surface area contributed by atoms with Crippen molar-refractivity contribution in [2.75, 3.05) is 6.54 Å². The molecule has 1 amide bonds. The minimum atomic E-state index is -1.60. The summed E-state index contributed by atoms with van der Waals surface area (Å²) in [5.74, 6) is -1.83. The van der Waals surface area contributed by atoms with E-state index in [1.54, 1.807) is 0 Å². The van der Waals surface area contributed by atoms with Gasteiger partial charge in [0.15, 0.2) is 6.10 Å². The normalized spacial score (nSPS) is 12.1. The maximum Gasteiger partial charge on any atom is 0.334 e. The van der Waals surface area contributed by atoms with Crippen LogP contribution in [0.25, 0.3) is 0 Å². The predicted molar refractivity (Wildman–Crippen MR) is 59.9 cm³/mol. The second-order valence-corrected chi connectivity index (χ2v) is 4.12. The molecule has 1 aromatic rings. The van der Waals surface area contributed by atoms with Crippen molar-refractivity contribution in [2.24, 2.45) is 0 Å². The molecule has 94 valence electrons. The molecule has 0 saturated carbocycles. The highest BCUT2D eigenvalue weighted by Gasteiger charge is 2.18. The van der Waals surface area contributed by atoms with E-state index in [0.29, 0.717) is 17.0 Å². The van der Waals surface area contributed by atoms with Gasteiger partial charge in [-0.2, -0.15) is 0 Å². The summed E-state index contributed by atoms with van der Waals surface area (Å²) >= 11 is 0.955. The molecule has 0 aliphatic carbocycles. The Balaban J connectivity index is 2.57. The van der Waals surface area contributed by atoms with Crippen LogP contribution >= 0.6 is 11.5 Å². The lowest BCUT2D eigenvalue weighted by molar-refractivity contribution is -0.146. The summed E-state index contributed by atoms with van der Waals surface area (Å²) in [7, 11) is 0. The third kappa shape index (κ3) is 3.75. The summed E-state index contributed by atoms with van der Waals surface area (Å²) in [5.41, 5.74) is 0.597. The van der Waals surface area contributed by atoms with Crippen LogP contribution in [0.2, 0.25) is 0 Å². The molecule has 1 heterocycles. The van der Waals surface area contributed by atoms with Gasteiger partial charge in [-0.1, -0.05) is 17.8 Å². The summed E-state index contributed by atoms with van der Waals surface area (Å²) in [6.45, 7) is 1.62. The second-order valence-electron chi connectivity index (χ2n) is 3.36. The van der Waals surface area contributed by atoms with Gasteiger partial charge in [0.1, 0.15) is 4.88 Å². The summed E-state index contributed by atoms with van der Waals surface area (Å²) in [6.07, 6.45) is -0.126. The highest BCUT2D eigenvalue weighted by atomic mass is 32.1. The van der Waals surface area contributed by atoms with Crippen molar-refractivity contribution in [1.29, 1.82) is 0 Å². The number of aliphatic hydroxyl groups is 1. The molecule has 1 atom stereocenters. The van der Waals surface area contributed by atoms with E-state index in [1.165, 1.54) is 0 Å². The molecule has 0 saturated heterocycles. The van der Waals surface area contributed by atoms with E-state index < -0.39 is 18.0 Å². The number of aryl methyl sites for hydroxylation is 1. The van der Waals surface area contributed by atoms with Crippen LogP contribution in [0.4, 0.5) is 0 Å². The molecule has 8 heteroatoms. The fourth-order valence-corrected chi connectivity index (χ4v) is 1.76. The molecule has 0 radical (unpaired) electrons. The van der Waals surface area contributed by atoms with Gasteiger partial charge in [0, 0.05) is 0 Å². The number of aliphatic hydroxyl groups excluding tert-OH is 1. The Bertz CT molecular complexity index is 407. The number of carboxylic acid groups (broad SMARTS) is 1. The van der Waals surface area contributed by atoms with E-state index in [4.69, 9.17) is 10.2 Å². The molecule has 0 spiro atoms. The van der Waals surface area contributed by atoms with Crippen molar-refractivity contribution in [2.45, 2.75) is 25.9 Å². The van der Waals surface area contributed by atoms with Crippen molar-refractivity contribution in [3.05, 3.63) is 10.6 Å². The highest BCUT2D eigenvalue weighted by Crippen LogP contribution is 2.12. The van der Waals surface area contributed by atoms with Gasteiger partial charge in [0.25, 0.3) is 5.91 Å². The molecule has 1 aromatic heterocycles. The van der Waals surface area contributed by atoms with E-state index in [-0.39, 0.29) is 6.54 Å². The smallest absolute Gasteiger partial charge is 0.334 e. The first-order valence-electron chi connectivity index (χ1n) is 5.06. The number of nitrogens with zero attached hydrogens (tertiary/aromatic N) is 2. The Hall–Kier alpha value is -1.54. The van der Waals surface area contributed by atoms with Crippen molar-refractivity contribution in [3.8, 4) is 0 Å². The molecule has 3 N–H and O–H groups in total. The van der Waals surface area contributed by atoms with Gasteiger partial charge in [0.05, 0.1) is 12.2 Å². The Kier molecular flexibility index (Phi) is 4.98. The zero-order chi connectivity index (χ0) is 12.8. The molecule has 0 fully saturated rings. The lowest BCUT2D eigenvalue weighted by Gasteiger charge is -2.06. The summed E-state index contributed by atoms with van der Waals surface area (Å²) in [4.78, 5) is 22.4. The first kappa shape index (κ1) is 13.5. The molecule has 17 heavy (non-hydrogen) atoms. The number of carbonyl (C=O) groups excluding carboxylic acids is 1. The highest BCUT2D eigenvalue weighted by molar-refractivity contribution is 7.08. The van der Waals surface area contributed by atoms with Crippen LogP contribution in [0.5, 0.6) is 0 Å².